The van der Waals surface area contributed by atoms with Crippen molar-refractivity contribution >= 4 is 12.1 Å². The Labute approximate surface area is 103 Å². The van der Waals surface area contributed by atoms with Gasteiger partial charge in [0.15, 0.2) is 6.04 Å². The predicted molar refractivity (Wildman–Crippen MR) is 60.9 cm³/mol. The smallest absolute Gasteiger partial charge is 0.408 e. The number of nitrogens with zero attached hydrogens (tertiary/aromatic N) is 1. The first-order valence-electron chi connectivity index (χ1n) is 5.40. The SMILES string of the molecule is COC(=O)C1c2ccccc2C(O)CN1C(=O)O. The van der Waals surface area contributed by atoms with Gasteiger partial charge in [-0.25, -0.2) is 9.59 Å². The number of ether oxygens (including phenoxy) is 1. The van der Waals surface area contributed by atoms with Crippen LogP contribution in [0.15, 0.2) is 24.3 Å². The Morgan fingerprint density at radius 1 is 1.33 bits per heavy atom. The summed E-state index contributed by atoms with van der Waals surface area (Å²) in [6.07, 6.45) is -2.20. The number of amides is 1. The molecule has 2 rings (SSSR count). The summed E-state index contributed by atoms with van der Waals surface area (Å²) in [5.74, 6) is -0.656. The van der Waals surface area contributed by atoms with E-state index in [4.69, 9.17) is 5.11 Å². The van der Waals surface area contributed by atoms with Gasteiger partial charge in [0.1, 0.15) is 0 Å². The van der Waals surface area contributed by atoms with Gasteiger partial charge in [0, 0.05) is 0 Å². The number of rotatable bonds is 1. The zero-order valence-electron chi connectivity index (χ0n) is 9.74. The summed E-state index contributed by atoms with van der Waals surface area (Å²) in [5.41, 5.74) is 1.02. The highest BCUT2D eigenvalue weighted by atomic mass is 16.5. The minimum atomic E-state index is -1.26. The van der Waals surface area contributed by atoms with E-state index in [-0.39, 0.29) is 6.54 Å². The number of methoxy groups -OCH3 is 1. The lowest BCUT2D eigenvalue weighted by molar-refractivity contribution is -0.147. The van der Waals surface area contributed by atoms with E-state index in [1.54, 1.807) is 24.3 Å². The molecule has 0 spiro atoms. The second kappa shape index (κ2) is 4.66. The number of benzene rings is 1. The molecule has 1 aromatic rings. The van der Waals surface area contributed by atoms with Crippen molar-refractivity contribution < 1.29 is 24.5 Å². The lowest BCUT2D eigenvalue weighted by Crippen LogP contribution is -2.44. The molecule has 0 saturated carbocycles. The number of esters is 1. The summed E-state index contributed by atoms with van der Waals surface area (Å²) in [6.45, 7) is -0.147. The van der Waals surface area contributed by atoms with E-state index in [9.17, 15) is 14.7 Å². The largest absolute Gasteiger partial charge is 0.467 e. The lowest BCUT2D eigenvalue weighted by Gasteiger charge is -2.35. The summed E-state index contributed by atoms with van der Waals surface area (Å²) >= 11 is 0. The first kappa shape index (κ1) is 12.4. The molecule has 1 aliphatic rings. The number of hydrogen-bond acceptors (Lipinski definition) is 4. The molecule has 1 aromatic carbocycles. The van der Waals surface area contributed by atoms with Gasteiger partial charge in [-0.1, -0.05) is 24.3 Å². The molecule has 0 aromatic heterocycles. The van der Waals surface area contributed by atoms with Gasteiger partial charge in [-0.05, 0) is 11.1 Å². The van der Waals surface area contributed by atoms with E-state index in [0.29, 0.717) is 11.1 Å². The van der Waals surface area contributed by atoms with Gasteiger partial charge in [0.25, 0.3) is 0 Å². The first-order chi connectivity index (χ1) is 8.56. The third-order valence-electron chi connectivity index (χ3n) is 3.00. The molecule has 18 heavy (non-hydrogen) atoms. The molecule has 96 valence electrons. The second-order valence-corrected chi connectivity index (χ2v) is 4.01. The Kier molecular flexibility index (Phi) is 3.20. The molecule has 0 bridgehead atoms. The summed E-state index contributed by atoms with van der Waals surface area (Å²) in [6, 6.07) is 5.69. The number of carbonyl (C=O) groups is 2. The van der Waals surface area contributed by atoms with Crippen LogP contribution < -0.4 is 0 Å². The molecule has 1 heterocycles. The third kappa shape index (κ3) is 1.91. The fourth-order valence-corrected chi connectivity index (χ4v) is 2.18. The van der Waals surface area contributed by atoms with Crippen molar-refractivity contribution in [3.05, 3.63) is 35.4 Å². The number of β-amino-alcohol motifs (C(OH)–C–C–N with tert-alkyl or cyclic N) is 1. The minimum Gasteiger partial charge on any atom is -0.467 e. The fourth-order valence-electron chi connectivity index (χ4n) is 2.18. The molecule has 2 atom stereocenters. The standard InChI is InChI=1S/C12H13NO5/c1-18-11(15)10-8-5-3-2-4-7(8)9(14)6-13(10)12(16)17/h2-5,9-10,14H,6H2,1H3,(H,16,17). The van der Waals surface area contributed by atoms with Gasteiger partial charge in [0.05, 0.1) is 19.8 Å². The molecule has 1 amide bonds. The number of aliphatic hydroxyl groups excluding tert-OH is 1. The van der Waals surface area contributed by atoms with Crippen molar-refractivity contribution in [1.82, 2.24) is 4.90 Å². The Morgan fingerprint density at radius 2 is 1.94 bits per heavy atom. The van der Waals surface area contributed by atoms with E-state index in [1.165, 1.54) is 7.11 Å². The average Bonchev–Trinajstić information content (AvgIpc) is 2.37. The Hall–Kier alpha value is -2.08. The van der Waals surface area contributed by atoms with Crippen molar-refractivity contribution in [3.8, 4) is 0 Å². The zero-order chi connectivity index (χ0) is 13.3. The van der Waals surface area contributed by atoms with Crippen molar-refractivity contribution in [2.24, 2.45) is 0 Å². The number of aliphatic hydroxyl groups is 1. The Balaban J connectivity index is 2.52. The topological polar surface area (TPSA) is 87.1 Å². The van der Waals surface area contributed by atoms with Crippen molar-refractivity contribution in [3.63, 3.8) is 0 Å². The van der Waals surface area contributed by atoms with Crippen molar-refractivity contribution in [2.75, 3.05) is 13.7 Å². The van der Waals surface area contributed by atoms with Crippen LogP contribution in [0.1, 0.15) is 23.3 Å². The quantitative estimate of drug-likeness (QED) is 0.725. The Bertz CT molecular complexity index is 487. The summed E-state index contributed by atoms with van der Waals surface area (Å²) in [7, 11) is 1.20. The highest BCUT2D eigenvalue weighted by Crippen LogP contribution is 2.35. The molecule has 2 N–H and O–H groups in total. The average molecular weight is 251 g/mol. The number of carbonyl (C=O) groups excluding carboxylic acids is 1. The number of hydrogen-bond donors (Lipinski definition) is 2. The van der Waals surface area contributed by atoms with E-state index < -0.39 is 24.2 Å². The fraction of sp³-hybridized carbons (Fsp3) is 0.333. The zero-order valence-corrected chi connectivity index (χ0v) is 9.74. The normalized spacial score (nSPS) is 22.2. The molecule has 2 unspecified atom stereocenters. The van der Waals surface area contributed by atoms with Crippen molar-refractivity contribution in [2.45, 2.75) is 12.1 Å². The van der Waals surface area contributed by atoms with Crippen LogP contribution in [0, 0.1) is 0 Å². The molecule has 0 radical (unpaired) electrons. The third-order valence-corrected chi connectivity index (χ3v) is 3.00. The maximum absolute atomic E-state index is 11.7. The molecule has 6 heteroatoms. The van der Waals surface area contributed by atoms with Crippen LogP contribution in [0.5, 0.6) is 0 Å². The second-order valence-electron chi connectivity index (χ2n) is 4.01. The van der Waals surface area contributed by atoms with Gasteiger partial charge in [-0.3, -0.25) is 4.90 Å². The monoisotopic (exact) mass is 251 g/mol. The lowest BCUT2D eigenvalue weighted by atomic mass is 9.91. The molecule has 0 fully saturated rings. The van der Waals surface area contributed by atoms with Crippen LogP contribution in [-0.2, 0) is 9.53 Å². The molecule has 6 nitrogen and oxygen atoms in total. The van der Waals surface area contributed by atoms with Crippen molar-refractivity contribution in [1.29, 1.82) is 0 Å². The predicted octanol–water partition coefficient (Wildman–Crippen LogP) is 0.928. The maximum Gasteiger partial charge on any atom is 0.408 e. The van der Waals surface area contributed by atoms with Gasteiger partial charge in [0.2, 0.25) is 0 Å². The Morgan fingerprint density at radius 3 is 2.50 bits per heavy atom. The van der Waals surface area contributed by atoms with E-state index >= 15 is 0 Å². The summed E-state index contributed by atoms with van der Waals surface area (Å²) in [4.78, 5) is 23.8. The maximum atomic E-state index is 11.7. The van der Waals surface area contributed by atoms with Gasteiger partial charge < -0.3 is 14.9 Å². The van der Waals surface area contributed by atoms with Gasteiger partial charge in [-0.2, -0.15) is 0 Å². The number of carboxylic acid groups (broad SMARTS) is 1. The molecule has 1 aliphatic heterocycles. The van der Waals surface area contributed by atoms with E-state index in [0.717, 1.165) is 4.90 Å². The minimum absolute atomic E-state index is 0.147. The van der Waals surface area contributed by atoms with Crippen LogP contribution in [0.4, 0.5) is 4.79 Å². The van der Waals surface area contributed by atoms with Crippen LogP contribution in [0.25, 0.3) is 0 Å². The highest BCUT2D eigenvalue weighted by Gasteiger charge is 2.39. The van der Waals surface area contributed by atoms with Gasteiger partial charge in [-0.15, -0.1) is 0 Å². The highest BCUT2D eigenvalue weighted by molar-refractivity contribution is 5.83. The van der Waals surface area contributed by atoms with Crippen LogP contribution in [0.2, 0.25) is 0 Å². The number of fused-ring (bicyclic) bond motifs is 1. The molecular weight excluding hydrogens is 238 g/mol. The van der Waals surface area contributed by atoms with E-state index in [1.807, 2.05) is 0 Å². The first-order valence-corrected chi connectivity index (χ1v) is 5.40. The van der Waals surface area contributed by atoms with Gasteiger partial charge >= 0.3 is 12.1 Å². The molecule has 0 saturated heterocycles. The summed E-state index contributed by atoms with van der Waals surface area (Å²) in [5, 5.41) is 19.0. The van der Waals surface area contributed by atoms with Crippen LogP contribution in [0.3, 0.4) is 0 Å². The molecule has 0 aliphatic carbocycles. The molecular formula is C12H13NO5. The van der Waals surface area contributed by atoms with E-state index in [2.05, 4.69) is 4.74 Å². The summed E-state index contributed by atoms with van der Waals surface area (Å²) < 4.78 is 4.64. The van der Waals surface area contributed by atoms with Crippen LogP contribution >= 0.6 is 0 Å². The van der Waals surface area contributed by atoms with Crippen LogP contribution in [-0.4, -0.2) is 40.8 Å².